The lowest BCUT2D eigenvalue weighted by Gasteiger charge is -2.42. The van der Waals surface area contributed by atoms with Crippen molar-refractivity contribution in [3.63, 3.8) is 0 Å². The Labute approximate surface area is 214 Å². The topological polar surface area (TPSA) is 87.7 Å². The van der Waals surface area contributed by atoms with Crippen molar-refractivity contribution in [1.82, 2.24) is 10.2 Å². The van der Waals surface area contributed by atoms with Crippen molar-refractivity contribution in [2.24, 2.45) is 0 Å². The Balaban J connectivity index is 1.98. The Bertz CT molecular complexity index is 1110. The molecule has 1 fully saturated rings. The molecule has 1 aliphatic carbocycles. The zero-order chi connectivity index (χ0) is 26.6. The highest BCUT2D eigenvalue weighted by Crippen LogP contribution is 2.36. The molecule has 0 radical (unpaired) electrons. The van der Waals surface area contributed by atoms with E-state index in [4.69, 9.17) is 4.74 Å². The normalized spacial score (nSPS) is 14.4. The average molecular weight is 494 g/mol. The molecule has 0 aliphatic heterocycles. The first-order chi connectivity index (χ1) is 16.9. The minimum atomic E-state index is -0.831. The van der Waals surface area contributed by atoms with Crippen LogP contribution in [0.5, 0.6) is 0 Å². The standard InChI is InChI=1S/C29H39N3O4/c1-18-11-9-16-23(21(18)4)26(27(34)31-25-19(2)12-8-13-20(25)3)32(22-14-10-15-22)24(33)17-30-28(35)36-29(5,6)7/h8-9,11-13,16,22,26H,10,14-15,17H2,1-7H3,(H,30,35)(H,31,34). The number of aryl methyl sites for hydroxylation is 3. The maximum atomic E-state index is 14.0. The van der Waals surface area contributed by atoms with Crippen LogP contribution in [0.25, 0.3) is 0 Å². The molecule has 7 heteroatoms. The minimum absolute atomic E-state index is 0.0773. The number of hydrogen-bond acceptors (Lipinski definition) is 4. The van der Waals surface area contributed by atoms with Crippen LogP contribution in [-0.4, -0.2) is 41.0 Å². The largest absolute Gasteiger partial charge is 0.444 e. The lowest BCUT2D eigenvalue weighted by Crippen LogP contribution is -2.53. The molecule has 1 unspecified atom stereocenters. The number of nitrogens with one attached hydrogen (secondary N) is 2. The molecule has 0 saturated heterocycles. The molecule has 2 aromatic rings. The van der Waals surface area contributed by atoms with Gasteiger partial charge in [-0.25, -0.2) is 4.79 Å². The van der Waals surface area contributed by atoms with Gasteiger partial charge < -0.3 is 20.3 Å². The van der Waals surface area contributed by atoms with Crippen LogP contribution in [-0.2, 0) is 14.3 Å². The predicted molar refractivity (Wildman–Crippen MR) is 142 cm³/mol. The zero-order valence-corrected chi connectivity index (χ0v) is 22.5. The van der Waals surface area contributed by atoms with E-state index in [1.165, 1.54) is 0 Å². The van der Waals surface area contributed by atoms with Crippen LogP contribution in [0.4, 0.5) is 10.5 Å². The molecule has 0 aromatic heterocycles. The van der Waals surface area contributed by atoms with Gasteiger partial charge in [0.2, 0.25) is 5.91 Å². The van der Waals surface area contributed by atoms with E-state index < -0.39 is 17.7 Å². The van der Waals surface area contributed by atoms with Gasteiger partial charge in [0.1, 0.15) is 18.2 Å². The van der Waals surface area contributed by atoms with Crippen molar-refractivity contribution >= 4 is 23.6 Å². The number of benzene rings is 2. The maximum Gasteiger partial charge on any atom is 0.408 e. The molecule has 3 amide bonds. The van der Waals surface area contributed by atoms with Gasteiger partial charge in [-0.2, -0.15) is 0 Å². The smallest absolute Gasteiger partial charge is 0.408 e. The van der Waals surface area contributed by atoms with Crippen molar-refractivity contribution in [2.75, 3.05) is 11.9 Å². The summed E-state index contributed by atoms with van der Waals surface area (Å²) in [7, 11) is 0. The molecule has 3 rings (SSSR count). The Morgan fingerprint density at radius 2 is 1.56 bits per heavy atom. The molecule has 7 nitrogen and oxygen atoms in total. The molecule has 2 N–H and O–H groups in total. The number of nitrogens with zero attached hydrogens (tertiary/aromatic N) is 1. The van der Waals surface area contributed by atoms with E-state index >= 15 is 0 Å². The molecule has 194 valence electrons. The van der Waals surface area contributed by atoms with E-state index in [-0.39, 0.29) is 24.4 Å². The SMILES string of the molecule is Cc1cccc(C(C(=O)Nc2c(C)cccc2C)N(C(=O)CNC(=O)OC(C)(C)C)C2CCC2)c1C. The quantitative estimate of drug-likeness (QED) is 0.533. The number of hydrogen-bond donors (Lipinski definition) is 2. The fourth-order valence-electron chi connectivity index (χ4n) is 4.47. The van der Waals surface area contributed by atoms with Gasteiger partial charge in [0, 0.05) is 11.7 Å². The van der Waals surface area contributed by atoms with Crippen LogP contribution in [0.3, 0.4) is 0 Å². The lowest BCUT2D eigenvalue weighted by atomic mass is 9.87. The first-order valence-corrected chi connectivity index (χ1v) is 12.6. The summed E-state index contributed by atoms with van der Waals surface area (Å²) in [4.78, 5) is 41.5. The van der Waals surface area contributed by atoms with Gasteiger partial charge in [-0.15, -0.1) is 0 Å². The second kappa shape index (κ2) is 11.1. The van der Waals surface area contributed by atoms with E-state index in [0.717, 1.165) is 52.8 Å². The van der Waals surface area contributed by atoms with Crippen molar-refractivity contribution in [2.45, 2.75) is 85.4 Å². The summed E-state index contributed by atoms with van der Waals surface area (Å²) in [6.45, 7) is 12.9. The summed E-state index contributed by atoms with van der Waals surface area (Å²) >= 11 is 0. The number of alkyl carbamates (subject to hydrolysis) is 1. The van der Waals surface area contributed by atoms with E-state index in [2.05, 4.69) is 10.6 Å². The van der Waals surface area contributed by atoms with Crippen molar-refractivity contribution < 1.29 is 19.1 Å². The molecule has 0 bridgehead atoms. The fourth-order valence-corrected chi connectivity index (χ4v) is 4.47. The Morgan fingerprint density at radius 3 is 2.11 bits per heavy atom. The fraction of sp³-hybridized carbons (Fsp3) is 0.483. The first kappa shape index (κ1) is 27.2. The summed E-state index contributed by atoms with van der Waals surface area (Å²) in [6.07, 6.45) is 1.96. The molecule has 1 aliphatic rings. The summed E-state index contributed by atoms with van der Waals surface area (Å²) in [5.41, 5.74) is 4.80. The molecule has 36 heavy (non-hydrogen) atoms. The van der Waals surface area contributed by atoms with E-state index in [1.807, 2.05) is 64.1 Å². The van der Waals surface area contributed by atoms with E-state index in [9.17, 15) is 14.4 Å². The highest BCUT2D eigenvalue weighted by atomic mass is 16.6. The second-order valence-electron chi connectivity index (χ2n) is 10.7. The Morgan fingerprint density at radius 1 is 0.972 bits per heavy atom. The molecule has 1 atom stereocenters. The van der Waals surface area contributed by atoms with Crippen LogP contribution in [0.2, 0.25) is 0 Å². The molecule has 0 spiro atoms. The first-order valence-electron chi connectivity index (χ1n) is 12.6. The summed E-state index contributed by atoms with van der Waals surface area (Å²) in [6, 6.07) is 10.8. The summed E-state index contributed by atoms with van der Waals surface area (Å²) < 4.78 is 5.30. The molecular formula is C29H39N3O4. The van der Waals surface area contributed by atoms with Gasteiger partial charge in [0.25, 0.3) is 5.91 Å². The summed E-state index contributed by atoms with van der Waals surface area (Å²) in [5, 5.41) is 5.69. The molecule has 0 heterocycles. The van der Waals surface area contributed by atoms with Gasteiger partial charge in [0.15, 0.2) is 0 Å². The Kier molecular flexibility index (Phi) is 8.43. The lowest BCUT2D eigenvalue weighted by molar-refractivity contribution is -0.143. The average Bonchev–Trinajstić information content (AvgIpc) is 2.74. The van der Waals surface area contributed by atoms with Crippen LogP contribution >= 0.6 is 0 Å². The number of carbonyl (C=O) groups excluding carboxylic acids is 3. The van der Waals surface area contributed by atoms with Gasteiger partial charge in [-0.05, 0) is 95.5 Å². The second-order valence-corrected chi connectivity index (χ2v) is 10.7. The maximum absolute atomic E-state index is 14.0. The van der Waals surface area contributed by atoms with Gasteiger partial charge in [0.05, 0.1) is 0 Å². The van der Waals surface area contributed by atoms with Crippen LogP contribution in [0.15, 0.2) is 36.4 Å². The third-order valence-corrected chi connectivity index (χ3v) is 6.74. The number of rotatable bonds is 7. The number of anilines is 1. The molecule has 2 aromatic carbocycles. The monoisotopic (exact) mass is 493 g/mol. The molecular weight excluding hydrogens is 454 g/mol. The summed E-state index contributed by atoms with van der Waals surface area (Å²) in [5.74, 6) is -0.577. The Hall–Kier alpha value is -3.35. The third kappa shape index (κ3) is 6.45. The van der Waals surface area contributed by atoms with E-state index in [1.54, 1.807) is 25.7 Å². The van der Waals surface area contributed by atoms with E-state index in [0.29, 0.717) is 0 Å². The van der Waals surface area contributed by atoms with Gasteiger partial charge in [-0.1, -0.05) is 36.4 Å². The highest BCUT2D eigenvalue weighted by molar-refractivity contribution is 5.99. The highest BCUT2D eigenvalue weighted by Gasteiger charge is 2.39. The number of carbonyl (C=O) groups is 3. The zero-order valence-electron chi connectivity index (χ0n) is 22.5. The number of para-hydroxylation sites is 1. The third-order valence-electron chi connectivity index (χ3n) is 6.74. The van der Waals surface area contributed by atoms with Gasteiger partial charge in [-0.3, -0.25) is 9.59 Å². The van der Waals surface area contributed by atoms with Crippen molar-refractivity contribution in [1.29, 1.82) is 0 Å². The van der Waals surface area contributed by atoms with Crippen molar-refractivity contribution in [3.05, 3.63) is 64.2 Å². The van der Waals surface area contributed by atoms with Crippen molar-refractivity contribution in [3.8, 4) is 0 Å². The number of amides is 3. The molecule has 1 saturated carbocycles. The van der Waals surface area contributed by atoms with Gasteiger partial charge >= 0.3 is 6.09 Å². The minimum Gasteiger partial charge on any atom is -0.444 e. The van der Waals surface area contributed by atoms with Crippen LogP contribution in [0.1, 0.15) is 73.9 Å². The predicted octanol–water partition coefficient (Wildman–Crippen LogP) is 5.51. The van der Waals surface area contributed by atoms with Crippen LogP contribution < -0.4 is 10.6 Å². The van der Waals surface area contributed by atoms with Crippen LogP contribution in [0, 0.1) is 27.7 Å². The number of ether oxygens (including phenoxy) is 1.